The third kappa shape index (κ3) is 22.6. The van der Waals surface area contributed by atoms with Crippen LogP contribution in [0.2, 0.25) is 0 Å². The molecule has 4 rings (SSSR count). The highest BCUT2D eigenvalue weighted by Gasteiger charge is 2.30. The van der Waals surface area contributed by atoms with E-state index in [4.69, 9.17) is 4.74 Å². The predicted octanol–water partition coefficient (Wildman–Crippen LogP) is 20.8. The second kappa shape index (κ2) is 33.3. The quantitative estimate of drug-likeness (QED) is 0.0295. The average molecular weight is 1080 g/mol. The lowest BCUT2D eigenvalue weighted by molar-refractivity contribution is -0.143. The SMILES string of the molecule is CCCCCCCCCCCCCCCCCCOC(=O)CCc1cc(CCCC)c(O)c(CCCC)c1.Cc1cc(O)c(C(C)(C)C)cc1C(C)CC(c1cc(C(C)(C)C)c(O)cc1C)c1cc(C(C)(C)C)c(O)cc1C. The minimum absolute atomic E-state index is 0.0460. The summed E-state index contributed by atoms with van der Waals surface area (Å²) in [6.07, 6.45) is 29.7. The van der Waals surface area contributed by atoms with Crippen molar-refractivity contribution in [3.63, 3.8) is 0 Å². The number of rotatable bonds is 31. The average Bonchev–Trinajstić information content (AvgIpc) is 3.34. The summed E-state index contributed by atoms with van der Waals surface area (Å²) in [6.45, 7) is 34.9. The fourth-order valence-electron chi connectivity index (χ4n) is 11.4. The Labute approximate surface area is 478 Å². The van der Waals surface area contributed by atoms with Crippen LogP contribution >= 0.6 is 0 Å². The van der Waals surface area contributed by atoms with Crippen molar-refractivity contribution in [2.75, 3.05) is 6.61 Å². The van der Waals surface area contributed by atoms with Gasteiger partial charge in [-0.25, -0.2) is 0 Å². The number of esters is 1. The van der Waals surface area contributed by atoms with Crippen LogP contribution in [0.4, 0.5) is 0 Å². The van der Waals surface area contributed by atoms with Crippen LogP contribution in [-0.2, 0) is 45.0 Å². The minimum Gasteiger partial charge on any atom is -0.508 e. The lowest BCUT2D eigenvalue weighted by Crippen LogP contribution is -2.17. The van der Waals surface area contributed by atoms with Crippen LogP contribution in [0.1, 0.15) is 310 Å². The summed E-state index contributed by atoms with van der Waals surface area (Å²) in [5, 5.41) is 43.3. The van der Waals surface area contributed by atoms with Gasteiger partial charge in [0.15, 0.2) is 0 Å². The summed E-state index contributed by atoms with van der Waals surface area (Å²) in [6, 6.07) is 16.5. The highest BCUT2D eigenvalue weighted by Crippen LogP contribution is 2.46. The summed E-state index contributed by atoms with van der Waals surface area (Å²) in [5.41, 5.74) is 12.3. The van der Waals surface area contributed by atoms with Gasteiger partial charge in [0, 0.05) is 12.3 Å². The maximum absolute atomic E-state index is 12.3. The number of benzene rings is 4. The van der Waals surface area contributed by atoms with E-state index in [1.165, 1.54) is 107 Å². The first-order valence-corrected chi connectivity index (χ1v) is 31.3. The van der Waals surface area contributed by atoms with Crippen LogP contribution in [0.5, 0.6) is 23.0 Å². The number of carbonyl (C=O) groups excluding carboxylic acids is 1. The summed E-state index contributed by atoms with van der Waals surface area (Å²) >= 11 is 0. The molecule has 6 nitrogen and oxygen atoms in total. The van der Waals surface area contributed by atoms with Gasteiger partial charge in [0.2, 0.25) is 0 Å². The zero-order chi connectivity index (χ0) is 58.2. The Bertz CT molecular complexity index is 2300. The molecule has 0 saturated heterocycles. The molecule has 0 aliphatic carbocycles. The van der Waals surface area contributed by atoms with Crippen LogP contribution < -0.4 is 0 Å². The summed E-state index contributed by atoms with van der Waals surface area (Å²) in [7, 11) is 0. The van der Waals surface area contributed by atoms with Gasteiger partial charge in [-0.2, -0.15) is 0 Å². The molecule has 4 aromatic rings. The second-order valence-electron chi connectivity index (χ2n) is 26.6. The third-order valence-corrected chi connectivity index (χ3v) is 16.3. The van der Waals surface area contributed by atoms with E-state index in [2.05, 4.69) is 141 Å². The van der Waals surface area contributed by atoms with Crippen molar-refractivity contribution >= 4 is 5.97 Å². The first kappa shape index (κ1) is 67.8. The van der Waals surface area contributed by atoms with Crippen LogP contribution in [0, 0.1) is 20.8 Å². The van der Waals surface area contributed by atoms with Gasteiger partial charge in [0.1, 0.15) is 23.0 Å². The fourth-order valence-corrected chi connectivity index (χ4v) is 11.4. The topological polar surface area (TPSA) is 107 Å². The molecule has 0 radical (unpaired) electrons. The first-order valence-electron chi connectivity index (χ1n) is 31.3. The predicted molar refractivity (Wildman–Crippen MR) is 334 cm³/mol. The Balaban J connectivity index is 0.000000411. The highest BCUT2D eigenvalue weighted by atomic mass is 16.5. The molecule has 0 aliphatic rings. The summed E-state index contributed by atoms with van der Waals surface area (Å²) in [5.74, 6) is 1.65. The van der Waals surface area contributed by atoms with Crippen molar-refractivity contribution < 1.29 is 30.0 Å². The van der Waals surface area contributed by atoms with E-state index < -0.39 is 0 Å². The summed E-state index contributed by atoms with van der Waals surface area (Å²) in [4.78, 5) is 12.3. The number of phenols is 4. The maximum Gasteiger partial charge on any atom is 0.306 e. The Morgan fingerprint density at radius 1 is 0.449 bits per heavy atom. The number of carbonyl (C=O) groups is 1. The van der Waals surface area contributed by atoms with Crippen LogP contribution in [0.25, 0.3) is 0 Å². The Hall–Kier alpha value is -4.45. The maximum atomic E-state index is 12.3. The van der Waals surface area contributed by atoms with Crippen LogP contribution in [0.3, 0.4) is 0 Å². The van der Waals surface area contributed by atoms with E-state index in [0.29, 0.717) is 42.4 Å². The lowest BCUT2D eigenvalue weighted by atomic mass is 9.74. The molecule has 4 N–H and O–H groups in total. The number of hydrogen-bond donors (Lipinski definition) is 4. The molecule has 0 spiro atoms. The van der Waals surface area contributed by atoms with Crippen molar-refractivity contribution in [2.45, 2.75) is 299 Å². The molecule has 0 bridgehead atoms. The summed E-state index contributed by atoms with van der Waals surface area (Å²) < 4.78 is 5.51. The molecule has 0 heterocycles. The molecular weight excluding hydrogens is 961 g/mol. The smallest absolute Gasteiger partial charge is 0.306 e. The van der Waals surface area contributed by atoms with E-state index >= 15 is 0 Å². The molecule has 0 aliphatic heterocycles. The first-order chi connectivity index (χ1) is 36.7. The van der Waals surface area contributed by atoms with Crippen molar-refractivity contribution in [1.29, 1.82) is 0 Å². The van der Waals surface area contributed by atoms with E-state index in [9.17, 15) is 25.2 Å². The van der Waals surface area contributed by atoms with Gasteiger partial charge in [0.25, 0.3) is 0 Å². The van der Waals surface area contributed by atoms with Crippen molar-refractivity contribution in [3.8, 4) is 23.0 Å². The Morgan fingerprint density at radius 3 is 1.14 bits per heavy atom. The molecule has 4 aromatic carbocycles. The van der Waals surface area contributed by atoms with Gasteiger partial charge in [-0.05, 0) is 173 Å². The van der Waals surface area contributed by atoms with E-state index in [0.717, 1.165) is 108 Å². The van der Waals surface area contributed by atoms with E-state index in [1.54, 1.807) is 0 Å². The van der Waals surface area contributed by atoms with Gasteiger partial charge >= 0.3 is 5.97 Å². The van der Waals surface area contributed by atoms with E-state index in [1.807, 2.05) is 18.2 Å². The van der Waals surface area contributed by atoms with Crippen molar-refractivity contribution in [2.24, 2.45) is 0 Å². The monoisotopic (exact) mass is 1070 g/mol. The Kier molecular flexibility index (Phi) is 29.0. The second-order valence-corrected chi connectivity index (χ2v) is 26.6. The van der Waals surface area contributed by atoms with Crippen molar-refractivity contribution in [3.05, 3.63) is 115 Å². The molecule has 0 amide bonds. The van der Waals surface area contributed by atoms with Gasteiger partial charge in [0.05, 0.1) is 6.61 Å². The van der Waals surface area contributed by atoms with E-state index in [-0.39, 0.29) is 34.1 Å². The number of unbranched alkanes of at least 4 members (excludes halogenated alkanes) is 17. The number of phenolic OH excluding ortho intramolecular Hbond substituents is 4. The molecule has 438 valence electrons. The molecule has 0 fully saturated rings. The normalized spacial score (nSPS) is 12.5. The van der Waals surface area contributed by atoms with Crippen LogP contribution in [-0.4, -0.2) is 33.0 Å². The number of aromatic hydroxyl groups is 4. The number of aryl methyl sites for hydroxylation is 6. The van der Waals surface area contributed by atoms with Gasteiger partial charge in [-0.15, -0.1) is 0 Å². The lowest BCUT2D eigenvalue weighted by Gasteiger charge is -2.31. The molecule has 1 unspecified atom stereocenters. The molecule has 6 heteroatoms. The largest absolute Gasteiger partial charge is 0.508 e. The standard InChI is InChI=1S/C37H52O3.C35H62O3/c1-21(25-18-29(35(5,6)7)32(38)15-22(25)2)14-28(26-19-30(36(8,9)10)33(39)16-23(26)3)27-20-31(37(11,12)13)34(40)17-24(27)4;1-4-7-10-11-12-13-14-15-16-17-18-19-20-21-22-23-28-38-34(36)27-26-31-29-32(24-8-5-2)35(37)33(30-31)25-9-6-3/h15-21,28,38-40H,14H2,1-13H3;29-30,37H,4-28H2,1-3H3. The van der Waals surface area contributed by atoms with Gasteiger partial charge < -0.3 is 25.2 Å². The molecule has 0 saturated carbocycles. The number of ether oxygens (including phenoxy) is 1. The molecular formula is C72H114O6. The zero-order valence-corrected chi connectivity index (χ0v) is 52.8. The van der Waals surface area contributed by atoms with Crippen LogP contribution in [0.15, 0.2) is 48.5 Å². The molecule has 0 aromatic heterocycles. The molecule has 78 heavy (non-hydrogen) atoms. The Morgan fingerprint density at radius 2 is 0.782 bits per heavy atom. The minimum atomic E-state index is -0.210. The van der Waals surface area contributed by atoms with Gasteiger partial charge in [-0.1, -0.05) is 229 Å². The highest BCUT2D eigenvalue weighted by molar-refractivity contribution is 5.69. The van der Waals surface area contributed by atoms with Crippen molar-refractivity contribution in [1.82, 2.24) is 0 Å². The van der Waals surface area contributed by atoms with Gasteiger partial charge in [-0.3, -0.25) is 4.79 Å². The third-order valence-electron chi connectivity index (χ3n) is 16.3. The zero-order valence-electron chi connectivity index (χ0n) is 52.8. The number of hydrogen-bond acceptors (Lipinski definition) is 6. The molecule has 1 atom stereocenters. The fraction of sp³-hybridized carbons (Fsp3) is 0.653.